The molecule has 2 amide bonds. The lowest BCUT2D eigenvalue weighted by atomic mass is 9.81. The van der Waals surface area contributed by atoms with E-state index in [0.29, 0.717) is 38.0 Å². The second-order valence-electron chi connectivity index (χ2n) is 10.1. The lowest BCUT2D eigenvalue weighted by Crippen LogP contribution is -2.34. The van der Waals surface area contributed by atoms with Crippen LogP contribution in [0.5, 0.6) is 0 Å². The Hall–Kier alpha value is -2.77. The van der Waals surface area contributed by atoms with Gasteiger partial charge in [0.15, 0.2) is 0 Å². The highest BCUT2D eigenvalue weighted by molar-refractivity contribution is 5.93. The fraction of sp³-hybridized carbons (Fsp3) is 0.640. The lowest BCUT2D eigenvalue weighted by molar-refractivity contribution is -0.124. The molecule has 1 aliphatic heterocycles. The molecule has 1 atom stereocenters. The number of Topliss-reactive ketones (excluding diaryl/α,β-unsaturated/α-hetero) is 1. The smallest absolute Gasteiger partial charge is 0.251 e. The van der Waals surface area contributed by atoms with Gasteiger partial charge in [0.05, 0.1) is 5.69 Å². The van der Waals surface area contributed by atoms with E-state index in [1.54, 1.807) is 17.9 Å². The fourth-order valence-electron chi connectivity index (χ4n) is 3.98. The largest absolute Gasteiger partial charge is 0.354 e. The number of carbonyl (C=O) groups is 3. The van der Waals surface area contributed by atoms with Crippen LogP contribution in [0.15, 0.2) is 30.6 Å². The molecule has 33 heavy (non-hydrogen) atoms. The molecule has 0 saturated carbocycles. The van der Waals surface area contributed by atoms with Gasteiger partial charge in [-0.3, -0.25) is 19.1 Å². The molecule has 0 aromatic carbocycles. The molecule has 0 fully saturated rings. The first-order valence-electron chi connectivity index (χ1n) is 11.9. The SMILES string of the molecule is C=C1C=CC(=O)N1CCNC(=O)CCCc1cn(CCCCC(CC(C)(C)C)C(C)=O)nn1. The number of allylic oxidation sites excluding steroid dienone is 1. The first-order valence-corrected chi connectivity index (χ1v) is 11.9. The van der Waals surface area contributed by atoms with Gasteiger partial charge < -0.3 is 10.2 Å². The topological polar surface area (TPSA) is 97.2 Å². The first kappa shape index (κ1) is 26.5. The summed E-state index contributed by atoms with van der Waals surface area (Å²) in [5.41, 5.74) is 1.69. The van der Waals surface area contributed by atoms with Gasteiger partial charge in [0.1, 0.15) is 5.78 Å². The Morgan fingerprint density at radius 3 is 2.55 bits per heavy atom. The van der Waals surface area contributed by atoms with Crippen molar-refractivity contribution in [1.29, 1.82) is 0 Å². The molecule has 2 rings (SSSR count). The number of aromatic nitrogens is 3. The van der Waals surface area contributed by atoms with Crippen molar-refractivity contribution >= 4 is 17.6 Å². The first-order chi connectivity index (χ1) is 15.5. The summed E-state index contributed by atoms with van der Waals surface area (Å²) in [6.07, 6.45) is 10.7. The Labute approximate surface area is 197 Å². The van der Waals surface area contributed by atoms with Gasteiger partial charge in [-0.2, -0.15) is 0 Å². The predicted molar refractivity (Wildman–Crippen MR) is 128 cm³/mol. The number of hydrogen-bond acceptors (Lipinski definition) is 5. The average molecular weight is 458 g/mol. The van der Waals surface area contributed by atoms with Crippen LogP contribution >= 0.6 is 0 Å². The van der Waals surface area contributed by atoms with Crippen molar-refractivity contribution in [2.75, 3.05) is 13.1 Å². The summed E-state index contributed by atoms with van der Waals surface area (Å²) in [5.74, 6) is 0.279. The average Bonchev–Trinajstić information content (AvgIpc) is 3.30. The van der Waals surface area contributed by atoms with Crippen molar-refractivity contribution in [2.24, 2.45) is 11.3 Å². The summed E-state index contributed by atoms with van der Waals surface area (Å²) in [4.78, 5) is 37.1. The number of nitrogens with zero attached hydrogens (tertiary/aromatic N) is 4. The monoisotopic (exact) mass is 457 g/mol. The van der Waals surface area contributed by atoms with Crippen molar-refractivity contribution in [3.8, 4) is 0 Å². The minimum atomic E-state index is -0.0964. The van der Waals surface area contributed by atoms with Crippen LogP contribution < -0.4 is 5.32 Å². The molecular weight excluding hydrogens is 418 g/mol. The molecule has 8 heteroatoms. The third kappa shape index (κ3) is 9.72. The molecule has 0 spiro atoms. The molecule has 1 unspecified atom stereocenters. The van der Waals surface area contributed by atoms with Crippen LogP contribution in [-0.4, -0.2) is 50.6 Å². The minimum Gasteiger partial charge on any atom is -0.354 e. The number of ketones is 1. The maximum atomic E-state index is 12.0. The van der Waals surface area contributed by atoms with Crippen molar-refractivity contribution in [3.05, 3.63) is 36.3 Å². The van der Waals surface area contributed by atoms with Gasteiger partial charge in [0.25, 0.3) is 5.91 Å². The van der Waals surface area contributed by atoms with E-state index in [-0.39, 0.29) is 28.9 Å². The number of aryl methyl sites for hydroxylation is 2. The number of unbranched alkanes of at least 4 members (excludes halogenated alkanes) is 1. The van der Waals surface area contributed by atoms with Crippen LogP contribution in [-0.2, 0) is 27.3 Å². The molecule has 182 valence electrons. The second kappa shape index (κ2) is 12.5. The van der Waals surface area contributed by atoms with Crippen LogP contribution in [0.3, 0.4) is 0 Å². The molecule has 0 aliphatic carbocycles. The molecule has 2 heterocycles. The van der Waals surface area contributed by atoms with Gasteiger partial charge in [-0.05, 0) is 50.5 Å². The van der Waals surface area contributed by atoms with Crippen LogP contribution in [0.25, 0.3) is 0 Å². The zero-order valence-corrected chi connectivity index (χ0v) is 20.6. The van der Waals surface area contributed by atoms with E-state index in [0.717, 1.165) is 37.9 Å². The van der Waals surface area contributed by atoms with Crippen molar-refractivity contribution in [1.82, 2.24) is 25.2 Å². The Kier molecular flexibility index (Phi) is 10.0. The van der Waals surface area contributed by atoms with E-state index in [9.17, 15) is 14.4 Å². The molecule has 1 N–H and O–H groups in total. The standard InChI is InChI=1S/C25H39N5O3/c1-19-12-13-24(33)30(19)16-14-26-23(32)11-8-10-22-18-29(28-27-22)15-7-6-9-21(20(2)31)17-25(3,4)5/h12-13,18,21H,1,6-11,14-17H2,2-5H3,(H,26,32). The van der Waals surface area contributed by atoms with Crippen molar-refractivity contribution < 1.29 is 14.4 Å². The van der Waals surface area contributed by atoms with E-state index < -0.39 is 0 Å². The summed E-state index contributed by atoms with van der Waals surface area (Å²) in [6, 6.07) is 0. The van der Waals surface area contributed by atoms with E-state index >= 15 is 0 Å². The number of amides is 2. The maximum Gasteiger partial charge on any atom is 0.251 e. The molecule has 0 saturated heterocycles. The van der Waals surface area contributed by atoms with Gasteiger partial charge in [-0.15, -0.1) is 5.10 Å². The molecule has 1 aliphatic rings. The van der Waals surface area contributed by atoms with E-state index in [2.05, 4.69) is 43.0 Å². The molecule has 1 aromatic rings. The summed E-state index contributed by atoms with van der Waals surface area (Å²) in [7, 11) is 0. The number of carbonyl (C=O) groups excluding carboxylic acids is 3. The highest BCUT2D eigenvalue weighted by Gasteiger charge is 2.22. The fourth-order valence-corrected chi connectivity index (χ4v) is 3.98. The van der Waals surface area contributed by atoms with Gasteiger partial charge in [0, 0.05) is 49.9 Å². The molecule has 0 radical (unpaired) electrons. The summed E-state index contributed by atoms with van der Waals surface area (Å²) >= 11 is 0. The Morgan fingerprint density at radius 2 is 1.91 bits per heavy atom. The van der Waals surface area contributed by atoms with Gasteiger partial charge in [-0.25, -0.2) is 0 Å². The highest BCUT2D eigenvalue weighted by Crippen LogP contribution is 2.28. The minimum absolute atomic E-state index is 0.0390. The normalized spacial score (nSPS) is 14.7. The van der Waals surface area contributed by atoms with Crippen LogP contribution in [0.4, 0.5) is 0 Å². The quantitative estimate of drug-likeness (QED) is 0.432. The third-order valence-corrected chi connectivity index (χ3v) is 5.73. The van der Waals surface area contributed by atoms with E-state index in [1.165, 1.54) is 6.08 Å². The zero-order chi connectivity index (χ0) is 24.4. The summed E-state index contributed by atoms with van der Waals surface area (Å²) in [5, 5.41) is 11.2. The molecular formula is C25H39N5O3. The Morgan fingerprint density at radius 1 is 1.15 bits per heavy atom. The number of rotatable bonds is 14. The second-order valence-corrected chi connectivity index (χ2v) is 10.1. The van der Waals surface area contributed by atoms with Crippen LogP contribution in [0.1, 0.15) is 71.9 Å². The van der Waals surface area contributed by atoms with Crippen LogP contribution in [0, 0.1) is 11.3 Å². The van der Waals surface area contributed by atoms with Crippen molar-refractivity contribution in [2.45, 2.75) is 79.2 Å². The highest BCUT2D eigenvalue weighted by atomic mass is 16.2. The summed E-state index contributed by atoms with van der Waals surface area (Å²) in [6.45, 7) is 13.6. The third-order valence-electron chi connectivity index (χ3n) is 5.73. The molecule has 0 bridgehead atoms. The molecule has 8 nitrogen and oxygen atoms in total. The zero-order valence-electron chi connectivity index (χ0n) is 20.6. The number of hydrogen-bond donors (Lipinski definition) is 1. The van der Waals surface area contributed by atoms with E-state index in [4.69, 9.17) is 0 Å². The van der Waals surface area contributed by atoms with Crippen LogP contribution in [0.2, 0.25) is 0 Å². The van der Waals surface area contributed by atoms with Gasteiger partial charge >= 0.3 is 0 Å². The number of nitrogens with one attached hydrogen (secondary N) is 1. The van der Waals surface area contributed by atoms with Gasteiger partial charge in [0.2, 0.25) is 5.91 Å². The van der Waals surface area contributed by atoms with Gasteiger partial charge in [-0.1, -0.05) is 39.0 Å². The Bertz CT molecular complexity index is 848. The van der Waals surface area contributed by atoms with E-state index in [1.807, 2.05) is 10.9 Å². The Balaban J connectivity index is 1.59. The van der Waals surface area contributed by atoms with Crippen molar-refractivity contribution in [3.63, 3.8) is 0 Å². The lowest BCUT2D eigenvalue weighted by Gasteiger charge is -2.24. The molecule has 1 aromatic heterocycles. The summed E-state index contributed by atoms with van der Waals surface area (Å²) < 4.78 is 1.84. The maximum absolute atomic E-state index is 12.0. The predicted octanol–water partition coefficient (Wildman–Crippen LogP) is 3.44.